The minimum absolute atomic E-state index is 0.175. The summed E-state index contributed by atoms with van der Waals surface area (Å²) in [6.45, 7) is 3.99. The van der Waals surface area contributed by atoms with Crippen LogP contribution in [0.5, 0.6) is 5.75 Å². The molecule has 7 N–H and O–H groups in total. The van der Waals surface area contributed by atoms with Gasteiger partial charge in [-0.3, -0.25) is 19.2 Å². The molecule has 1 aliphatic rings. The number of amides is 4. The minimum Gasteiger partial charge on any atom is -0.508 e. The molecule has 232 valence electrons. The summed E-state index contributed by atoms with van der Waals surface area (Å²) in [5.41, 5.74) is 16.0. The zero-order valence-electron chi connectivity index (χ0n) is 25.2. The molecule has 1 saturated heterocycles. The molecule has 4 amide bonds. The molecule has 0 saturated carbocycles. The van der Waals surface area contributed by atoms with Gasteiger partial charge in [0.2, 0.25) is 23.6 Å². The maximum Gasteiger partial charge on any atom is 0.243 e. The summed E-state index contributed by atoms with van der Waals surface area (Å²) >= 11 is 0. The van der Waals surface area contributed by atoms with E-state index in [4.69, 9.17) is 11.5 Å². The fourth-order valence-corrected chi connectivity index (χ4v) is 5.59. The van der Waals surface area contributed by atoms with E-state index in [9.17, 15) is 24.3 Å². The second kappa shape index (κ2) is 14.7. The summed E-state index contributed by atoms with van der Waals surface area (Å²) in [5, 5.41) is 15.6. The topological polar surface area (TPSA) is 168 Å². The quantitative estimate of drug-likeness (QED) is 0.213. The minimum atomic E-state index is -1.02. The number of phenols is 1. The Labute approximate surface area is 257 Å². The molecule has 0 aliphatic carbocycles. The van der Waals surface area contributed by atoms with Crippen LogP contribution in [0.15, 0.2) is 72.8 Å². The van der Waals surface area contributed by atoms with E-state index in [0.717, 1.165) is 22.3 Å². The Morgan fingerprint density at radius 3 is 2.05 bits per heavy atom. The molecule has 1 fully saturated rings. The van der Waals surface area contributed by atoms with Gasteiger partial charge in [-0.15, -0.1) is 0 Å². The standard InChI is InChI=1S/C34H41N5O5/c1-21-17-30(40)22(2)16-25(21)20-26(35)34(44)39-15-9-14-29(39)33(43)38-28(19-24-12-7-4-8-13-24)32(42)37-27(31(36)41)18-23-10-5-3-6-11-23/h3-8,10-13,16-17,26-29,40H,9,14-15,18-20,35H2,1-2H3,(H2,36,41)(H,37,42)(H,38,43)/t26-,27-,28-,29-/m0/s1. The maximum absolute atomic E-state index is 13.6. The molecule has 0 spiro atoms. The fourth-order valence-electron chi connectivity index (χ4n) is 5.59. The molecule has 4 atom stereocenters. The van der Waals surface area contributed by atoms with E-state index in [1.165, 1.54) is 4.90 Å². The van der Waals surface area contributed by atoms with E-state index < -0.39 is 41.9 Å². The van der Waals surface area contributed by atoms with Crippen LogP contribution in [0.2, 0.25) is 0 Å². The number of carbonyl (C=O) groups is 4. The van der Waals surface area contributed by atoms with Crippen molar-refractivity contribution in [2.24, 2.45) is 11.5 Å². The highest BCUT2D eigenvalue weighted by atomic mass is 16.3. The molecular weight excluding hydrogens is 558 g/mol. The first-order valence-corrected chi connectivity index (χ1v) is 14.9. The van der Waals surface area contributed by atoms with Crippen LogP contribution in [-0.4, -0.2) is 64.3 Å². The van der Waals surface area contributed by atoms with E-state index in [2.05, 4.69) is 10.6 Å². The second-order valence-electron chi connectivity index (χ2n) is 11.5. The van der Waals surface area contributed by atoms with Gasteiger partial charge >= 0.3 is 0 Å². The number of primary amides is 1. The predicted molar refractivity (Wildman–Crippen MR) is 167 cm³/mol. The Morgan fingerprint density at radius 1 is 0.864 bits per heavy atom. The van der Waals surface area contributed by atoms with Gasteiger partial charge in [-0.2, -0.15) is 0 Å². The third-order valence-electron chi connectivity index (χ3n) is 8.11. The smallest absolute Gasteiger partial charge is 0.243 e. The van der Waals surface area contributed by atoms with Gasteiger partial charge in [0.1, 0.15) is 23.9 Å². The molecule has 0 radical (unpaired) electrons. The number of benzene rings is 3. The molecule has 1 aliphatic heterocycles. The Morgan fingerprint density at radius 2 is 1.45 bits per heavy atom. The monoisotopic (exact) mass is 599 g/mol. The van der Waals surface area contributed by atoms with Crippen molar-refractivity contribution >= 4 is 23.6 Å². The van der Waals surface area contributed by atoms with E-state index in [0.29, 0.717) is 24.9 Å². The lowest BCUT2D eigenvalue weighted by Gasteiger charge is -2.29. The number of aromatic hydroxyl groups is 1. The molecule has 1 heterocycles. The number of carbonyl (C=O) groups excluding carboxylic acids is 4. The number of aryl methyl sites for hydroxylation is 2. The van der Waals surface area contributed by atoms with Crippen LogP contribution in [0.1, 0.15) is 40.7 Å². The number of likely N-dealkylation sites (tertiary alicyclic amines) is 1. The van der Waals surface area contributed by atoms with Crippen LogP contribution in [0.3, 0.4) is 0 Å². The van der Waals surface area contributed by atoms with Crippen molar-refractivity contribution in [1.82, 2.24) is 15.5 Å². The van der Waals surface area contributed by atoms with E-state index in [-0.39, 0.29) is 30.9 Å². The van der Waals surface area contributed by atoms with Gasteiger partial charge in [0.15, 0.2) is 0 Å². The zero-order valence-corrected chi connectivity index (χ0v) is 25.2. The number of phenolic OH excluding ortho intramolecular Hbond substituents is 1. The lowest BCUT2D eigenvalue weighted by Crippen LogP contribution is -2.58. The van der Waals surface area contributed by atoms with Crippen LogP contribution in [0.25, 0.3) is 0 Å². The average Bonchev–Trinajstić information content (AvgIpc) is 3.50. The molecule has 0 bridgehead atoms. The SMILES string of the molecule is Cc1cc(C[C@H](N)C(=O)N2CCC[C@H]2C(=O)N[C@@H](Cc2ccccc2)C(=O)N[C@@H](Cc2ccccc2)C(N)=O)c(C)cc1O. The average molecular weight is 600 g/mol. The van der Waals surface area contributed by atoms with Gasteiger partial charge in [0, 0.05) is 19.4 Å². The van der Waals surface area contributed by atoms with Crippen molar-refractivity contribution in [2.45, 2.75) is 70.1 Å². The molecule has 10 heteroatoms. The molecule has 10 nitrogen and oxygen atoms in total. The highest BCUT2D eigenvalue weighted by Gasteiger charge is 2.38. The van der Waals surface area contributed by atoms with Crippen LogP contribution >= 0.6 is 0 Å². The summed E-state index contributed by atoms with van der Waals surface area (Å²) in [4.78, 5) is 54.4. The number of nitrogens with one attached hydrogen (secondary N) is 2. The first-order valence-electron chi connectivity index (χ1n) is 14.9. The molecule has 0 unspecified atom stereocenters. The fraction of sp³-hybridized carbons (Fsp3) is 0.353. The molecule has 3 aromatic carbocycles. The van der Waals surface area contributed by atoms with Crippen LogP contribution in [0, 0.1) is 13.8 Å². The number of hydrogen-bond acceptors (Lipinski definition) is 6. The number of hydrogen-bond donors (Lipinski definition) is 5. The lowest BCUT2D eigenvalue weighted by molar-refractivity contribution is -0.140. The summed E-state index contributed by atoms with van der Waals surface area (Å²) in [7, 11) is 0. The Bertz CT molecular complexity index is 1480. The van der Waals surface area contributed by atoms with Crippen LogP contribution in [-0.2, 0) is 38.4 Å². The van der Waals surface area contributed by atoms with Crippen molar-refractivity contribution < 1.29 is 24.3 Å². The van der Waals surface area contributed by atoms with Gasteiger partial charge in [-0.1, -0.05) is 66.7 Å². The van der Waals surface area contributed by atoms with Gasteiger partial charge in [0.25, 0.3) is 0 Å². The maximum atomic E-state index is 13.6. The van der Waals surface area contributed by atoms with Crippen molar-refractivity contribution in [3.63, 3.8) is 0 Å². The van der Waals surface area contributed by atoms with E-state index in [1.807, 2.05) is 73.7 Å². The van der Waals surface area contributed by atoms with Crippen LogP contribution < -0.4 is 22.1 Å². The van der Waals surface area contributed by atoms with Gasteiger partial charge in [-0.05, 0) is 67.0 Å². The lowest BCUT2D eigenvalue weighted by atomic mass is 9.98. The summed E-state index contributed by atoms with van der Waals surface area (Å²) in [6, 6.07) is 18.2. The van der Waals surface area contributed by atoms with Crippen LogP contribution in [0.4, 0.5) is 0 Å². The van der Waals surface area contributed by atoms with Gasteiger partial charge in [0.05, 0.1) is 6.04 Å². The summed E-state index contributed by atoms with van der Waals surface area (Å²) in [6.07, 6.45) is 1.68. The zero-order chi connectivity index (χ0) is 31.8. The first-order chi connectivity index (χ1) is 21.0. The highest BCUT2D eigenvalue weighted by Crippen LogP contribution is 2.24. The van der Waals surface area contributed by atoms with E-state index in [1.54, 1.807) is 13.0 Å². The largest absolute Gasteiger partial charge is 0.508 e. The first kappa shape index (κ1) is 32.2. The predicted octanol–water partition coefficient (Wildman–Crippen LogP) is 1.81. The normalized spacial score (nSPS) is 16.5. The molecule has 3 aromatic rings. The highest BCUT2D eigenvalue weighted by molar-refractivity contribution is 5.95. The Hall–Kier alpha value is -4.70. The number of rotatable bonds is 12. The second-order valence-corrected chi connectivity index (χ2v) is 11.5. The molecule has 44 heavy (non-hydrogen) atoms. The molecule has 0 aromatic heterocycles. The molecule has 4 rings (SSSR count). The van der Waals surface area contributed by atoms with Crippen molar-refractivity contribution in [3.8, 4) is 5.75 Å². The van der Waals surface area contributed by atoms with Gasteiger partial charge < -0.3 is 32.1 Å². The Balaban J connectivity index is 1.48. The molecular formula is C34H41N5O5. The third kappa shape index (κ3) is 8.23. The van der Waals surface area contributed by atoms with Crippen molar-refractivity contribution in [2.75, 3.05) is 6.54 Å². The number of nitrogens with two attached hydrogens (primary N) is 2. The summed E-state index contributed by atoms with van der Waals surface area (Å²) in [5.74, 6) is -1.87. The Kier molecular flexibility index (Phi) is 10.7. The van der Waals surface area contributed by atoms with E-state index >= 15 is 0 Å². The van der Waals surface area contributed by atoms with Crippen molar-refractivity contribution in [1.29, 1.82) is 0 Å². The summed E-state index contributed by atoms with van der Waals surface area (Å²) < 4.78 is 0. The third-order valence-corrected chi connectivity index (χ3v) is 8.11. The van der Waals surface area contributed by atoms with Gasteiger partial charge in [-0.25, -0.2) is 0 Å². The van der Waals surface area contributed by atoms with Crippen molar-refractivity contribution in [3.05, 3.63) is 101 Å². The number of nitrogens with zero attached hydrogens (tertiary/aromatic N) is 1.